The number of aliphatic imine (C=N–C) groups is 1. The number of benzene rings is 6. The first kappa shape index (κ1) is 27.0. The molecule has 0 N–H and O–H groups in total. The van der Waals surface area contributed by atoms with Crippen molar-refractivity contribution in [3.8, 4) is 33.9 Å². The van der Waals surface area contributed by atoms with Gasteiger partial charge in [-0.1, -0.05) is 103 Å². The molecule has 226 valence electrons. The molecule has 10 rings (SSSR count). The van der Waals surface area contributed by atoms with Gasteiger partial charge in [0.05, 0.1) is 28.8 Å². The molecule has 0 radical (unpaired) electrons. The van der Waals surface area contributed by atoms with Gasteiger partial charge in [-0.2, -0.15) is 0 Å². The van der Waals surface area contributed by atoms with E-state index in [-0.39, 0.29) is 6.04 Å². The molecule has 2 atom stereocenters. The van der Waals surface area contributed by atoms with Gasteiger partial charge in [-0.05, 0) is 87.3 Å². The third-order valence-corrected chi connectivity index (χ3v) is 10.1. The first-order valence-electron chi connectivity index (χ1n) is 16.5. The van der Waals surface area contributed by atoms with Crippen LogP contribution in [0.2, 0.25) is 0 Å². The Labute approximate surface area is 278 Å². The van der Waals surface area contributed by atoms with Crippen molar-refractivity contribution in [1.82, 2.24) is 9.97 Å². The van der Waals surface area contributed by atoms with Gasteiger partial charge in [0.25, 0.3) is 0 Å². The molecule has 0 fully saturated rings. The van der Waals surface area contributed by atoms with Crippen LogP contribution >= 0.6 is 0 Å². The van der Waals surface area contributed by atoms with Crippen molar-refractivity contribution in [3.63, 3.8) is 0 Å². The quantitative estimate of drug-likeness (QED) is 0.185. The van der Waals surface area contributed by atoms with Gasteiger partial charge >= 0.3 is 0 Å². The third-order valence-electron chi connectivity index (χ3n) is 10.1. The molecular formula is C44H30N4. The summed E-state index contributed by atoms with van der Waals surface area (Å²) >= 11 is 0. The largest absolute Gasteiger partial charge is 0.332 e. The summed E-state index contributed by atoms with van der Waals surface area (Å²) in [6.45, 7) is 2.16. The van der Waals surface area contributed by atoms with Crippen molar-refractivity contribution < 1.29 is 0 Å². The van der Waals surface area contributed by atoms with Crippen LogP contribution < -0.4 is 4.90 Å². The number of hydrogen-bond donors (Lipinski definition) is 0. The van der Waals surface area contributed by atoms with Crippen molar-refractivity contribution in [2.45, 2.75) is 18.9 Å². The van der Waals surface area contributed by atoms with Gasteiger partial charge in [0.1, 0.15) is 0 Å². The molecular weight excluding hydrogens is 585 g/mol. The van der Waals surface area contributed by atoms with E-state index >= 15 is 0 Å². The van der Waals surface area contributed by atoms with Crippen LogP contribution in [0.4, 0.5) is 11.4 Å². The minimum absolute atomic E-state index is 0.172. The molecule has 4 heteroatoms. The average molecular weight is 615 g/mol. The van der Waals surface area contributed by atoms with Crippen LogP contribution in [0, 0.1) is 6.92 Å². The number of pyridine rings is 2. The summed E-state index contributed by atoms with van der Waals surface area (Å²) < 4.78 is 0. The van der Waals surface area contributed by atoms with E-state index in [1.54, 1.807) is 0 Å². The Morgan fingerprint density at radius 2 is 1.25 bits per heavy atom. The van der Waals surface area contributed by atoms with Crippen LogP contribution in [0.3, 0.4) is 0 Å². The standard InChI is InChI=1S/C44H30N4/c1-27-11-22-41-36(25-27)34-23-24-45-26-42(34)48(41)32-18-14-28(15-19-32)37-7-3-9-39(46-37)40-10-4-8-38(47-40)33-20-16-31-13-12-29-5-2-6-30-17-21-35(33)44(31)43(29)30/h2-26,34,42H,1H3. The molecule has 6 aromatic carbocycles. The molecule has 0 saturated carbocycles. The van der Waals surface area contributed by atoms with Crippen molar-refractivity contribution in [2.24, 2.45) is 4.99 Å². The Morgan fingerprint density at radius 3 is 2.06 bits per heavy atom. The molecule has 2 aliphatic rings. The molecule has 0 aliphatic carbocycles. The maximum absolute atomic E-state index is 5.18. The molecule has 2 unspecified atom stereocenters. The lowest BCUT2D eigenvalue weighted by Crippen LogP contribution is -2.32. The smallest absolute Gasteiger partial charge is 0.0893 e. The van der Waals surface area contributed by atoms with Gasteiger partial charge < -0.3 is 4.90 Å². The van der Waals surface area contributed by atoms with Gasteiger partial charge in [0, 0.05) is 40.8 Å². The highest BCUT2D eigenvalue weighted by Crippen LogP contribution is 2.47. The molecule has 2 aliphatic heterocycles. The molecule has 2 aromatic heterocycles. The van der Waals surface area contributed by atoms with E-state index in [2.05, 4.69) is 157 Å². The highest BCUT2D eigenvalue weighted by atomic mass is 15.2. The first-order chi connectivity index (χ1) is 23.7. The van der Waals surface area contributed by atoms with E-state index in [1.807, 2.05) is 12.3 Å². The lowest BCUT2D eigenvalue weighted by atomic mass is 9.91. The molecule has 8 aromatic rings. The summed E-state index contributed by atoms with van der Waals surface area (Å²) in [7, 11) is 0. The summed E-state index contributed by atoms with van der Waals surface area (Å²) in [5, 5.41) is 7.63. The Balaban J connectivity index is 0.997. The minimum atomic E-state index is 0.172. The topological polar surface area (TPSA) is 41.4 Å². The summed E-state index contributed by atoms with van der Waals surface area (Å²) in [6, 6.07) is 48.0. The van der Waals surface area contributed by atoms with E-state index in [1.165, 1.54) is 49.1 Å². The van der Waals surface area contributed by atoms with Crippen LogP contribution in [0.15, 0.2) is 151 Å². The molecule has 0 bridgehead atoms. The first-order valence-corrected chi connectivity index (χ1v) is 16.5. The average Bonchev–Trinajstić information content (AvgIpc) is 3.47. The zero-order valence-electron chi connectivity index (χ0n) is 26.4. The predicted octanol–water partition coefficient (Wildman–Crippen LogP) is 10.9. The number of fused-ring (bicyclic) bond motifs is 3. The zero-order valence-corrected chi connectivity index (χ0v) is 26.4. The summed E-state index contributed by atoms with van der Waals surface area (Å²) in [6.07, 6.45) is 6.22. The van der Waals surface area contributed by atoms with Crippen molar-refractivity contribution in [3.05, 3.63) is 157 Å². The third kappa shape index (κ3) is 4.12. The fourth-order valence-corrected chi connectivity index (χ4v) is 7.85. The normalized spacial score (nSPS) is 16.6. The summed E-state index contributed by atoms with van der Waals surface area (Å²) in [5.41, 5.74) is 10.8. The highest BCUT2D eigenvalue weighted by Gasteiger charge is 2.38. The van der Waals surface area contributed by atoms with Crippen molar-refractivity contribution in [1.29, 1.82) is 0 Å². The molecule has 0 amide bonds. The minimum Gasteiger partial charge on any atom is -0.332 e. The van der Waals surface area contributed by atoms with Crippen LogP contribution in [-0.4, -0.2) is 22.2 Å². The van der Waals surface area contributed by atoms with Gasteiger partial charge in [0.15, 0.2) is 0 Å². The van der Waals surface area contributed by atoms with Crippen LogP contribution in [0.5, 0.6) is 0 Å². The lowest BCUT2D eigenvalue weighted by molar-refractivity contribution is 0.787. The number of nitrogens with zero attached hydrogens (tertiary/aromatic N) is 4. The van der Waals surface area contributed by atoms with Gasteiger partial charge in [-0.15, -0.1) is 0 Å². The Kier molecular flexibility index (Phi) is 5.88. The monoisotopic (exact) mass is 614 g/mol. The van der Waals surface area contributed by atoms with Gasteiger partial charge in [-0.25, -0.2) is 9.97 Å². The summed E-state index contributed by atoms with van der Waals surface area (Å²) in [5.74, 6) is 0.306. The Hall–Kier alpha value is -6.13. The molecule has 4 heterocycles. The number of rotatable bonds is 4. The Bertz CT molecular complexity index is 2580. The highest BCUT2D eigenvalue weighted by molar-refractivity contribution is 6.25. The van der Waals surface area contributed by atoms with Gasteiger partial charge in [-0.3, -0.25) is 4.99 Å². The number of aryl methyl sites for hydroxylation is 1. The van der Waals surface area contributed by atoms with E-state index in [9.17, 15) is 0 Å². The predicted molar refractivity (Wildman–Crippen MR) is 200 cm³/mol. The number of hydrogen-bond acceptors (Lipinski definition) is 4. The second kappa shape index (κ2) is 10.4. The second-order valence-corrected chi connectivity index (χ2v) is 12.9. The fourth-order valence-electron chi connectivity index (χ4n) is 7.85. The van der Waals surface area contributed by atoms with Crippen molar-refractivity contribution >= 4 is 49.9 Å². The van der Waals surface area contributed by atoms with Gasteiger partial charge in [0.2, 0.25) is 0 Å². The summed E-state index contributed by atoms with van der Waals surface area (Å²) in [4.78, 5) is 17.2. The second-order valence-electron chi connectivity index (χ2n) is 12.9. The fraction of sp³-hybridized carbons (Fsp3) is 0.0682. The number of anilines is 2. The Morgan fingerprint density at radius 1 is 0.583 bits per heavy atom. The molecule has 0 spiro atoms. The zero-order chi connectivity index (χ0) is 31.8. The van der Waals surface area contributed by atoms with Crippen molar-refractivity contribution in [2.75, 3.05) is 4.90 Å². The lowest BCUT2D eigenvalue weighted by Gasteiger charge is -2.28. The van der Waals surface area contributed by atoms with Crippen LogP contribution in [0.25, 0.3) is 66.2 Å². The SMILES string of the molecule is Cc1ccc2c(c1)C1C=CN=CC1N2c1ccc(-c2cccc(-c3cccc(-c4ccc5ccc6cccc7ccc4c5c67)n3)n2)cc1. The van der Waals surface area contributed by atoms with E-state index in [0.29, 0.717) is 5.92 Å². The van der Waals surface area contributed by atoms with E-state index < -0.39 is 0 Å². The van der Waals surface area contributed by atoms with Crippen LogP contribution in [0.1, 0.15) is 17.0 Å². The maximum Gasteiger partial charge on any atom is 0.0893 e. The molecule has 48 heavy (non-hydrogen) atoms. The maximum atomic E-state index is 5.18. The molecule has 4 nitrogen and oxygen atoms in total. The van der Waals surface area contributed by atoms with E-state index in [4.69, 9.17) is 9.97 Å². The van der Waals surface area contributed by atoms with E-state index in [0.717, 1.165) is 39.6 Å². The van der Waals surface area contributed by atoms with Crippen LogP contribution in [-0.2, 0) is 0 Å². The number of aromatic nitrogens is 2. The molecule has 0 saturated heterocycles.